The topological polar surface area (TPSA) is 52.6 Å². The van der Waals surface area contributed by atoms with Gasteiger partial charge in [0.05, 0.1) is 6.10 Å². The third kappa shape index (κ3) is 3.97. The van der Waals surface area contributed by atoms with Gasteiger partial charge in [0.2, 0.25) is 0 Å². The quantitative estimate of drug-likeness (QED) is 0.866. The summed E-state index contributed by atoms with van der Waals surface area (Å²) in [7, 11) is 0. The lowest BCUT2D eigenvalue weighted by atomic mass is 10.1. The Labute approximate surface area is 120 Å². The Balaban J connectivity index is 2.03. The van der Waals surface area contributed by atoms with Crippen LogP contribution in [0, 0.1) is 5.92 Å². The van der Waals surface area contributed by atoms with Gasteiger partial charge in [-0.25, -0.2) is 4.79 Å². The number of nitrogens with one attached hydrogen (secondary N) is 1. The second-order valence-corrected chi connectivity index (χ2v) is 6.01. The van der Waals surface area contributed by atoms with Crippen molar-refractivity contribution >= 4 is 11.7 Å². The highest BCUT2D eigenvalue weighted by Gasteiger charge is 2.32. The zero-order chi connectivity index (χ0) is 14.7. The maximum atomic E-state index is 12.4. The molecule has 0 saturated heterocycles. The zero-order valence-corrected chi connectivity index (χ0v) is 12.5. The third-order valence-electron chi connectivity index (χ3n) is 3.43. The van der Waals surface area contributed by atoms with Crippen LogP contribution in [0.1, 0.15) is 45.3 Å². The fourth-order valence-electron chi connectivity index (χ4n) is 2.25. The van der Waals surface area contributed by atoms with E-state index >= 15 is 0 Å². The predicted octanol–water partition coefficient (Wildman–Crippen LogP) is 3.39. The van der Waals surface area contributed by atoms with Gasteiger partial charge in [-0.3, -0.25) is 0 Å². The molecule has 2 amide bonds. The van der Waals surface area contributed by atoms with E-state index in [4.69, 9.17) is 0 Å². The molecule has 0 aromatic heterocycles. The van der Waals surface area contributed by atoms with Crippen molar-refractivity contribution in [2.45, 2.75) is 45.8 Å². The van der Waals surface area contributed by atoms with Crippen LogP contribution in [-0.4, -0.2) is 28.6 Å². The normalized spacial score (nSPS) is 16.1. The lowest BCUT2D eigenvalue weighted by Crippen LogP contribution is -2.39. The first-order chi connectivity index (χ1) is 9.47. The summed E-state index contributed by atoms with van der Waals surface area (Å²) in [5.74, 6) is 0.463. The van der Waals surface area contributed by atoms with Crippen molar-refractivity contribution in [1.82, 2.24) is 4.90 Å². The summed E-state index contributed by atoms with van der Waals surface area (Å²) in [6.45, 7) is 6.75. The Kier molecular flexibility index (Phi) is 4.65. The number of aliphatic hydroxyl groups is 1. The summed E-state index contributed by atoms with van der Waals surface area (Å²) in [5.41, 5.74) is 1.55. The van der Waals surface area contributed by atoms with E-state index in [0.717, 1.165) is 30.6 Å². The van der Waals surface area contributed by atoms with E-state index in [1.165, 1.54) is 0 Å². The Morgan fingerprint density at radius 1 is 1.40 bits per heavy atom. The molecule has 1 aliphatic rings. The number of carbonyl (C=O) groups excluding carboxylic acids is 1. The van der Waals surface area contributed by atoms with Crippen LogP contribution in [-0.2, 0) is 0 Å². The van der Waals surface area contributed by atoms with Gasteiger partial charge in [0.25, 0.3) is 0 Å². The minimum absolute atomic E-state index is 0.0380. The van der Waals surface area contributed by atoms with Crippen LogP contribution in [0.15, 0.2) is 24.3 Å². The predicted molar refractivity (Wildman–Crippen MR) is 80.7 cm³/mol. The highest BCUT2D eigenvalue weighted by molar-refractivity contribution is 5.89. The highest BCUT2D eigenvalue weighted by atomic mass is 16.3. The van der Waals surface area contributed by atoms with Crippen LogP contribution in [0.5, 0.6) is 0 Å². The number of hydrogen-bond acceptors (Lipinski definition) is 2. The first kappa shape index (κ1) is 14.9. The molecule has 0 aliphatic heterocycles. The molecule has 0 spiro atoms. The molecule has 4 nitrogen and oxygen atoms in total. The molecule has 0 radical (unpaired) electrons. The van der Waals surface area contributed by atoms with E-state index < -0.39 is 6.10 Å². The third-order valence-corrected chi connectivity index (χ3v) is 3.43. The maximum absolute atomic E-state index is 12.4. The molecular weight excluding hydrogens is 252 g/mol. The van der Waals surface area contributed by atoms with Crippen LogP contribution < -0.4 is 5.32 Å². The fourth-order valence-corrected chi connectivity index (χ4v) is 2.25. The largest absolute Gasteiger partial charge is 0.389 e. The number of aliphatic hydroxyl groups excluding tert-OH is 1. The van der Waals surface area contributed by atoms with Crippen molar-refractivity contribution in [3.63, 3.8) is 0 Å². The molecule has 0 bridgehead atoms. The Morgan fingerprint density at radius 3 is 2.65 bits per heavy atom. The average Bonchev–Trinajstić information content (AvgIpc) is 3.20. The fraction of sp³-hybridized carbons (Fsp3) is 0.562. The summed E-state index contributed by atoms with van der Waals surface area (Å²) in [6, 6.07) is 7.74. The van der Waals surface area contributed by atoms with E-state index in [9.17, 15) is 9.90 Å². The van der Waals surface area contributed by atoms with Crippen molar-refractivity contribution in [2.24, 2.45) is 5.92 Å². The van der Waals surface area contributed by atoms with Crippen LogP contribution in [0.25, 0.3) is 0 Å². The minimum atomic E-state index is -0.526. The first-order valence-corrected chi connectivity index (χ1v) is 7.33. The number of urea groups is 1. The molecule has 4 heteroatoms. The van der Waals surface area contributed by atoms with E-state index in [0.29, 0.717) is 12.0 Å². The smallest absolute Gasteiger partial charge is 0.322 e. The van der Waals surface area contributed by atoms with Crippen LogP contribution >= 0.6 is 0 Å². The van der Waals surface area contributed by atoms with E-state index in [2.05, 4.69) is 19.2 Å². The molecule has 20 heavy (non-hydrogen) atoms. The van der Waals surface area contributed by atoms with Gasteiger partial charge in [-0.1, -0.05) is 26.0 Å². The Morgan fingerprint density at radius 2 is 2.10 bits per heavy atom. The minimum Gasteiger partial charge on any atom is -0.389 e. The van der Waals surface area contributed by atoms with Gasteiger partial charge in [0.15, 0.2) is 0 Å². The number of carbonyl (C=O) groups is 1. The van der Waals surface area contributed by atoms with Crippen LogP contribution in [0.2, 0.25) is 0 Å². The monoisotopic (exact) mass is 276 g/mol. The molecule has 110 valence electrons. The van der Waals surface area contributed by atoms with Gasteiger partial charge in [-0.2, -0.15) is 0 Å². The lowest BCUT2D eigenvalue weighted by molar-refractivity contribution is 0.198. The van der Waals surface area contributed by atoms with Crippen molar-refractivity contribution in [3.8, 4) is 0 Å². The molecule has 0 heterocycles. The summed E-state index contributed by atoms with van der Waals surface area (Å²) in [5, 5.41) is 12.5. The van der Waals surface area contributed by atoms with E-state index in [-0.39, 0.29) is 6.03 Å². The van der Waals surface area contributed by atoms with Crippen molar-refractivity contribution in [2.75, 3.05) is 11.9 Å². The summed E-state index contributed by atoms with van der Waals surface area (Å²) in [4.78, 5) is 14.3. The summed E-state index contributed by atoms with van der Waals surface area (Å²) < 4.78 is 0. The average molecular weight is 276 g/mol. The standard InChI is InChI=1S/C16H24N2O2/c1-11(2)10-18(15-7-8-15)16(20)17-14-6-4-5-13(9-14)12(3)19/h4-6,9,11-12,15,19H,7-8,10H2,1-3H3,(H,17,20). The number of anilines is 1. The van der Waals surface area contributed by atoms with Gasteiger partial charge in [-0.05, 0) is 43.4 Å². The number of amides is 2. The SMILES string of the molecule is CC(C)CN(C(=O)Nc1cccc(C(C)O)c1)C1CC1. The number of nitrogens with zero attached hydrogens (tertiary/aromatic N) is 1. The number of rotatable bonds is 5. The molecule has 2 N–H and O–H groups in total. The Hall–Kier alpha value is -1.55. The van der Waals surface area contributed by atoms with Crippen LogP contribution in [0.3, 0.4) is 0 Å². The lowest BCUT2D eigenvalue weighted by Gasteiger charge is -2.25. The molecule has 1 saturated carbocycles. The van der Waals surface area contributed by atoms with Crippen LogP contribution in [0.4, 0.5) is 10.5 Å². The Bertz CT molecular complexity index is 467. The summed E-state index contributed by atoms with van der Waals surface area (Å²) >= 11 is 0. The maximum Gasteiger partial charge on any atom is 0.322 e. The molecule has 1 aromatic rings. The summed E-state index contributed by atoms with van der Waals surface area (Å²) in [6.07, 6.45) is 1.68. The zero-order valence-electron chi connectivity index (χ0n) is 12.5. The molecule has 2 rings (SSSR count). The number of hydrogen-bond donors (Lipinski definition) is 2. The molecule has 1 unspecified atom stereocenters. The van der Waals surface area contributed by atoms with Crippen molar-refractivity contribution in [1.29, 1.82) is 0 Å². The van der Waals surface area contributed by atoms with Gasteiger partial charge in [0.1, 0.15) is 0 Å². The molecule has 1 atom stereocenters. The van der Waals surface area contributed by atoms with E-state index in [1.807, 2.05) is 29.2 Å². The number of benzene rings is 1. The molecular formula is C16H24N2O2. The second-order valence-electron chi connectivity index (χ2n) is 6.01. The van der Waals surface area contributed by atoms with Gasteiger partial charge >= 0.3 is 6.03 Å². The first-order valence-electron chi connectivity index (χ1n) is 7.33. The highest BCUT2D eigenvalue weighted by Crippen LogP contribution is 2.28. The second kappa shape index (κ2) is 6.27. The molecule has 1 aliphatic carbocycles. The molecule has 1 aromatic carbocycles. The van der Waals surface area contributed by atoms with Crippen molar-refractivity contribution < 1.29 is 9.90 Å². The van der Waals surface area contributed by atoms with Crippen molar-refractivity contribution in [3.05, 3.63) is 29.8 Å². The van der Waals surface area contributed by atoms with Gasteiger partial charge < -0.3 is 15.3 Å². The molecule has 1 fully saturated rings. The van der Waals surface area contributed by atoms with Gasteiger partial charge in [0, 0.05) is 18.3 Å². The van der Waals surface area contributed by atoms with E-state index in [1.54, 1.807) is 6.92 Å². The van der Waals surface area contributed by atoms with Gasteiger partial charge in [-0.15, -0.1) is 0 Å².